The van der Waals surface area contributed by atoms with Crippen LogP contribution in [0.15, 0.2) is 0 Å². The van der Waals surface area contributed by atoms with Crippen molar-refractivity contribution in [1.29, 1.82) is 0 Å². The summed E-state index contributed by atoms with van der Waals surface area (Å²) in [4.78, 5) is 14.3. The summed E-state index contributed by atoms with van der Waals surface area (Å²) >= 11 is 4.96. The topological polar surface area (TPSA) is 55.6 Å². The summed E-state index contributed by atoms with van der Waals surface area (Å²) in [5, 5.41) is 0. The number of ether oxygens (including phenoxy) is 1. The Hall–Kier alpha value is -0.680. The molecule has 0 aromatic carbocycles. The Bertz CT molecular complexity index is 302. The van der Waals surface area contributed by atoms with Gasteiger partial charge in [0.05, 0.1) is 16.5 Å². The molecule has 15 heavy (non-hydrogen) atoms. The largest absolute Gasteiger partial charge is 0.392 e. The van der Waals surface area contributed by atoms with Crippen molar-refractivity contribution in [3.8, 4) is 0 Å². The Kier molecular flexibility index (Phi) is 2.68. The Morgan fingerprint density at radius 1 is 1.60 bits per heavy atom. The lowest BCUT2D eigenvalue weighted by Gasteiger charge is -2.22. The van der Waals surface area contributed by atoms with E-state index in [9.17, 15) is 4.79 Å². The molecule has 1 aliphatic carbocycles. The van der Waals surface area contributed by atoms with Crippen molar-refractivity contribution in [1.82, 2.24) is 4.90 Å². The molecule has 1 atom stereocenters. The highest BCUT2D eigenvalue weighted by Crippen LogP contribution is 2.48. The molecule has 1 saturated carbocycles. The molecule has 84 valence electrons. The molecule has 1 aliphatic heterocycles. The standard InChI is InChI=1S/C10H16N2O2S/c1-14-7-2-5-12(6-7)9(13)10(3-4-10)8(11)15/h7H,2-6H2,1H3,(H2,11,15). The van der Waals surface area contributed by atoms with Crippen molar-refractivity contribution < 1.29 is 9.53 Å². The van der Waals surface area contributed by atoms with Gasteiger partial charge in [0.15, 0.2) is 0 Å². The van der Waals surface area contributed by atoms with Crippen LogP contribution in [0.25, 0.3) is 0 Å². The second-order valence-electron chi connectivity index (χ2n) is 4.34. The third kappa shape index (κ3) is 1.74. The van der Waals surface area contributed by atoms with E-state index in [2.05, 4.69) is 0 Å². The lowest BCUT2D eigenvalue weighted by Crippen LogP contribution is -2.42. The molecule has 1 heterocycles. The second-order valence-corrected chi connectivity index (χ2v) is 4.78. The molecule has 0 aromatic rings. The molecular formula is C10H16N2O2S. The number of hydrogen-bond donors (Lipinski definition) is 1. The zero-order valence-corrected chi connectivity index (χ0v) is 9.68. The summed E-state index contributed by atoms with van der Waals surface area (Å²) < 4.78 is 5.23. The lowest BCUT2D eigenvalue weighted by molar-refractivity contribution is -0.133. The third-order valence-corrected chi connectivity index (χ3v) is 3.79. The summed E-state index contributed by atoms with van der Waals surface area (Å²) in [7, 11) is 1.68. The van der Waals surface area contributed by atoms with Crippen LogP contribution in [0, 0.1) is 5.41 Å². The molecule has 2 N–H and O–H groups in total. The quantitative estimate of drug-likeness (QED) is 0.706. The van der Waals surface area contributed by atoms with Gasteiger partial charge >= 0.3 is 0 Å². The maximum Gasteiger partial charge on any atom is 0.235 e. The number of nitrogens with two attached hydrogens (primary N) is 1. The van der Waals surface area contributed by atoms with E-state index < -0.39 is 5.41 Å². The molecule has 2 rings (SSSR count). The first-order valence-corrected chi connectivity index (χ1v) is 5.63. The highest BCUT2D eigenvalue weighted by molar-refractivity contribution is 7.80. The number of hydrogen-bond acceptors (Lipinski definition) is 3. The Balaban J connectivity index is 2.01. The highest BCUT2D eigenvalue weighted by Gasteiger charge is 2.55. The van der Waals surface area contributed by atoms with Crippen LogP contribution < -0.4 is 5.73 Å². The van der Waals surface area contributed by atoms with Gasteiger partial charge < -0.3 is 15.4 Å². The van der Waals surface area contributed by atoms with E-state index in [1.165, 1.54) is 0 Å². The van der Waals surface area contributed by atoms with Gasteiger partial charge in [-0.1, -0.05) is 12.2 Å². The maximum absolute atomic E-state index is 12.1. The number of methoxy groups -OCH3 is 1. The summed E-state index contributed by atoms with van der Waals surface area (Å²) in [6.45, 7) is 1.45. The molecule has 0 aromatic heterocycles. The number of rotatable bonds is 3. The SMILES string of the molecule is COC1CCN(C(=O)C2(C(N)=S)CC2)C1. The van der Waals surface area contributed by atoms with Gasteiger partial charge in [0.25, 0.3) is 0 Å². The summed E-state index contributed by atoms with van der Waals surface area (Å²) in [6.07, 6.45) is 2.72. The number of carbonyl (C=O) groups is 1. The highest BCUT2D eigenvalue weighted by atomic mass is 32.1. The zero-order valence-electron chi connectivity index (χ0n) is 8.86. The summed E-state index contributed by atoms with van der Waals surface area (Å²) in [6, 6.07) is 0. The van der Waals surface area contributed by atoms with Crippen LogP contribution in [0.4, 0.5) is 0 Å². The van der Waals surface area contributed by atoms with Crippen molar-refractivity contribution in [3.05, 3.63) is 0 Å². The molecule has 2 aliphatic rings. The predicted octanol–water partition coefficient (Wildman–Crippen LogP) is 0.300. The zero-order chi connectivity index (χ0) is 11.1. The van der Waals surface area contributed by atoms with E-state index >= 15 is 0 Å². The first-order valence-electron chi connectivity index (χ1n) is 5.22. The number of thiocarbonyl (C=S) groups is 1. The molecule has 5 heteroatoms. The molecule has 2 fully saturated rings. The van der Waals surface area contributed by atoms with E-state index in [0.29, 0.717) is 11.5 Å². The monoisotopic (exact) mass is 228 g/mol. The molecule has 1 saturated heterocycles. The molecular weight excluding hydrogens is 212 g/mol. The fourth-order valence-corrected chi connectivity index (χ4v) is 2.39. The fraction of sp³-hybridized carbons (Fsp3) is 0.800. The molecule has 0 bridgehead atoms. The van der Waals surface area contributed by atoms with Crippen LogP contribution in [0.1, 0.15) is 19.3 Å². The van der Waals surface area contributed by atoms with Gasteiger partial charge in [-0.15, -0.1) is 0 Å². The minimum atomic E-state index is -0.502. The van der Waals surface area contributed by atoms with Crippen LogP contribution in [0.5, 0.6) is 0 Å². The van der Waals surface area contributed by atoms with Crippen molar-refractivity contribution >= 4 is 23.1 Å². The molecule has 1 unspecified atom stereocenters. The Morgan fingerprint density at radius 2 is 2.27 bits per heavy atom. The van der Waals surface area contributed by atoms with Crippen LogP contribution in [-0.2, 0) is 9.53 Å². The van der Waals surface area contributed by atoms with E-state index in [1.807, 2.05) is 4.90 Å². The van der Waals surface area contributed by atoms with Crippen LogP contribution in [0.2, 0.25) is 0 Å². The number of carbonyl (C=O) groups excluding carboxylic acids is 1. The van der Waals surface area contributed by atoms with Gasteiger partial charge in [0.2, 0.25) is 5.91 Å². The third-order valence-electron chi connectivity index (χ3n) is 3.40. The fourth-order valence-electron chi connectivity index (χ4n) is 2.10. The van der Waals surface area contributed by atoms with Crippen molar-refractivity contribution in [3.63, 3.8) is 0 Å². The van der Waals surface area contributed by atoms with E-state index in [-0.39, 0.29) is 12.0 Å². The van der Waals surface area contributed by atoms with E-state index in [4.69, 9.17) is 22.7 Å². The minimum Gasteiger partial charge on any atom is -0.392 e. The van der Waals surface area contributed by atoms with Gasteiger partial charge in [-0.25, -0.2) is 0 Å². The second kappa shape index (κ2) is 3.72. The van der Waals surface area contributed by atoms with Gasteiger partial charge in [-0.2, -0.15) is 0 Å². The predicted molar refractivity (Wildman–Crippen MR) is 60.4 cm³/mol. The first-order chi connectivity index (χ1) is 7.10. The molecule has 1 amide bonds. The maximum atomic E-state index is 12.1. The average molecular weight is 228 g/mol. The molecule has 0 spiro atoms. The molecule has 4 nitrogen and oxygen atoms in total. The van der Waals surface area contributed by atoms with Crippen LogP contribution >= 0.6 is 12.2 Å². The van der Waals surface area contributed by atoms with Crippen LogP contribution in [0.3, 0.4) is 0 Å². The van der Waals surface area contributed by atoms with Gasteiger partial charge in [-0.3, -0.25) is 4.79 Å². The van der Waals surface area contributed by atoms with Crippen molar-refractivity contribution in [2.24, 2.45) is 11.1 Å². The van der Waals surface area contributed by atoms with Gasteiger partial charge in [0.1, 0.15) is 0 Å². The summed E-state index contributed by atoms with van der Waals surface area (Å²) in [5.74, 6) is 0.106. The number of nitrogens with zero attached hydrogens (tertiary/aromatic N) is 1. The van der Waals surface area contributed by atoms with Crippen LogP contribution in [-0.4, -0.2) is 42.1 Å². The summed E-state index contributed by atoms with van der Waals surface area (Å²) in [5.41, 5.74) is 5.12. The average Bonchev–Trinajstić information content (AvgIpc) is 2.89. The minimum absolute atomic E-state index is 0.106. The first kappa shape index (κ1) is 10.8. The number of amides is 1. The smallest absolute Gasteiger partial charge is 0.235 e. The number of likely N-dealkylation sites (tertiary alicyclic amines) is 1. The lowest BCUT2D eigenvalue weighted by atomic mass is 10.1. The van der Waals surface area contributed by atoms with E-state index in [1.54, 1.807) is 7.11 Å². The van der Waals surface area contributed by atoms with E-state index in [0.717, 1.165) is 25.8 Å². The normalized spacial score (nSPS) is 27.8. The Labute approximate surface area is 94.7 Å². The van der Waals surface area contributed by atoms with Crippen molar-refractivity contribution in [2.75, 3.05) is 20.2 Å². The Morgan fingerprint density at radius 3 is 2.67 bits per heavy atom. The van der Waals surface area contributed by atoms with Gasteiger partial charge in [0, 0.05) is 20.2 Å². The molecule has 0 radical (unpaired) electrons. The van der Waals surface area contributed by atoms with Gasteiger partial charge in [-0.05, 0) is 19.3 Å². The van der Waals surface area contributed by atoms with Crippen molar-refractivity contribution in [2.45, 2.75) is 25.4 Å².